The van der Waals surface area contributed by atoms with E-state index in [2.05, 4.69) is 24.0 Å². The van der Waals surface area contributed by atoms with Crippen LogP contribution in [0.15, 0.2) is 18.2 Å². The maximum Gasteiger partial charge on any atom is 0.221 e. The molecule has 1 aromatic rings. The van der Waals surface area contributed by atoms with E-state index in [9.17, 15) is 4.79 Å². The van der Waals surface area contributed by atoms with E-state index in [1.54, 1.807) is 0 Å². The second kappa shape index (κ2) is 5.09. The smallest absolute Gasteiger partial charge is 0.221 e. The van der Waals surface area contributed by atoms with E-state index in [-0.39, 0.29) is 11.8 Å². The summed E-state index contributed by atoms with van der Waals surface area (Å²) in [6, 6.07) is 7.16. The molecule has 4 heteroatoms. The van der Waals surface area contributed by atoms with Gasteiger partial charge in [-0.2, -0.15) is 0 Å². The van der Waals surface area contributed by atoms with Gasteiger partial charge in [-0.25, -0.2) is 0 Å². The summed E-state index contributed by atoms with van der Waals surface area (Å²) in [6.07, 6.45) is 4.17. The van der Waals surface area contributed by atoms with Gasteiger partial charge < -0.3 is 11.5 Å². The Hall–Kier alpha value is -1.55. The number of piperidine rings is 1. The number of benzene rings is 1. The zero-order valence-corrected chi connectivity index (χ0v) is 12.0. The Bertz CT molecular complexity index is 528. The summed E-state index contributed by atoms with van der Waals surface area (Å²) < 4.78 is 0. The Balaban J connectivity index is 1.84. The normalized spacial score (nSPS) is 30.1. The van der Waals surface area contributed by atoms with E-state index < -0.39 is 0 Å². The average molecular weight is 273 g/mol. The lowest BCUT2D eigenvalue weighted by Gasteiger charge is -2.41. The van der Waals surface area contributed by atoms with Gasteiger partial charge in [0.2, 0.25) is 5.91 Å². The molecule has 1 fully saturated rings. The molecular weight excluding hydrogens is 250 g/mol. The van der Waals surface area contributed by atoms with Crippen molar-refractivity contribution >= 4 is 11.6 Å². The zero-order chi connectivity index (χ0) is 14.3. The van der Waals surface area contributed by atoms with Crippen LogP contribution < -0.4 is 11.5 Å². The fourth-order valence-electron chi connectivity index (χ4n) is 3.76. The Labute approximate surface area is 120 Å². The number of likely N-dealkylation sites (tertiary alicyclic amines) is 1. The topological polar surface area (TPSA) is 72.4 Å². The van der Waals surface area contributed by atoms with E-state index >= 15 is 0 Å². The lowest BCUT2D eigenvalue weighted by molar-refractivity contribution is -0.124. The summed E-state index contributed by atoms with van der Waals surface area (Å²) in [6.45, 7) is 3.05. The molecule has 108 valence electrons. The van der Waals surface area contributed by atoms with Crippen LogP contribution in [0.25, 0.3) is 0 Å². The number of nitrogens with zero attached hydrogens (tertiary/aromatic N) is 1. The van der Waals surface area contributed by atoms with Crippen LogP contribution in [-0.4, -0.2) is 23.4 Å². The van der Waals surface area contributed by atoms with Gasteiger partial charge in [0.1, 0.15) is 0 Å². The van der Waals surface area contributed by atoms with Gasteiger partial charge in [-0.05, 0) is 55.9 Å². The highest BCUT2D eigenvalue weighted by Crippen LogP contribution is 2.40. The molecule has 20 heavy (non-hydrogen) atoms. The number of amides is 1. The summed E-state index contributed by atoms with van der Waals surface area (Å²) in [5.41, 5.74) is 15.0. The van der Waals surface area contributed by atoms with Crippen LogP contribution in [0.5, 0.6) is 0 Å². The molecule has 2 aliphatic rings. The summed E-state index contributed by atoms with van der Waals surface area (Å²) in [5, 5.41) is 0. The number of anilines is 1. The SMILES string of the molecule is CC1CCC(C(N)=O)CN1C1CCc2cc(N)ccc21. The maximum atomic E-state index is 11.5. The number of nitrogen functional groups attached to an aromatic ring is 1. The van der Waals surface area contributed by atoms with Crippen LogP contribution in [0.1, 0.15) is 43.4 Å². The first-order valence-electron chi connectivity index (χ1n) is 7.49. The Morgan fingerprint density at radius 3 is 2.85 bits per heavy atom. The molecule has 1 heterocycles. The molecule has 1 saturated heterocycles. The Morgan fingerprint density at radius 1 is 1.30 bits per heavy atom. The highest BCUT2D eigenvalue weighted by atomic mass is 16.1. The van der Waals surface area contributed by atoms with Crippen molar-refractivity contribution in [3.8, 4) is 0 Å². The van der Waals surface area contributed by atoms with Crippen LogP contribution in [0.2, 0.25) is 0 Å². The minimum atomic E-state index is -0.155. The van der Waals surface area contributed by atoms with Crippen molar-refractivity contribution in [1.29, 1.82) is 0 Å². The summed E-state index contributed by atoms with van der Waals surface area (Å²) in [4.78, 5) is 14.0. The predicted octanol–water partition coefficient (Wildman–Crippen LogP) is 1.84. The van der Waals surface area contributed by atoms with Gasteiger partial charge in [0.15, 0.2) is 0 Å². The minimum Gasteiger partial charge on any atom is -0.399 e. The zero-order valence-electron chi connectivity index (χ0n) is 12.0. The second-order valence-electron chi connectivity index (χ2n) is 6.24. The lowest BCUT2D eigenvalue weighted by Crippen LogP contribution is -2.46. The van der Waals surface area contributed by atoms with Crippen LogP contribution in [0.4, 0.5) is 5.69 Å². The molecule has 3 rings (SSSR count). The molecule has 1 aliphatic heterocycles. The molecule has 1 aliphatic carbocycles. The summed E-state index contributed by atoms with van der Waals surface area (Å²) in [7, 11) is 0. The average Bonchev–Trinajstić information content (AvgIpc) is 2.81. The number of hydrogen-bond acceptors (Lipinski definition) is 3. The number of aryl methyl sites for hydroxylation is 1. The third kappa shape index (κ3) is 2.29. The van der Waals surface area contributed by atoms with Gasteiger partial charge in [-0.15, -0.1) is 0 Å². The van der Waals surface area contributed by atoms with E-state index in [1.165, 1.54) is 11.1 Å². The number of nitrogens with two attached hydrogens (primary N) is 2. The quantitative estimate of drug-likeness (QED) is 0.808. The number of fused-ring (bicyclic) bond motifs is 1. The van der Waals surface area contributed by atoms with Crippen LogP contribution in [0.3, 0.4) is 0 Å². The second-order valence-corrected chi connectivity index (χ2v) is 6.24. The molecule has 0 bridgehead atoms. The van der Waals surface area contributed by atoms with Crippen molar-refractivity contribution < 1.29 is 4.79 Å². The number of primary amides is 1. The maximum absolute atomic E-state index is 11.5. The Morgan fingerprint density at radius 2 is 2.10 bits per heavy atom. The molecule has 1 amide bonds. The lowest BCUT2D eigenvalue weighted by atomic mass is 9.90. The van der Waals surface area contributed by atoms with Crippen molar-refractivity contribution in [3.63, 3.8) is 0 Å². The van der Waals surface area contributed by atoms with E-state index in [0.29, 0.717) is 12.1 Å². The Kier molecular flexibility index (Phi) is 3.42. The molecule has 0 radical (unpaired) electrons. The van der Waals surface area contributed by atoms with Crippen molar-refractivity contribution in [3.05, 3.63) is 29.3 Å². The summed E-state index contributed by atoms with van der Waals surface area (Å²) in [5.74, 6) is -0.151. The first kappa shape index (κ1) is 13.4. The van der Waals surface area contributed by atoms with Gasteiger partial charge in [-0.3, -0.25) is 9.69 Å². The highest BCUT2D eigenvalue weighted by molar-refractivity contribution is 5.77. The number of rotatable bonds is 2. The van der Waals surface area contributed by atoms with E-state index in [4.69, 9.17) is 11.5 Å². The molecule has 1 aromatic carbocycles. The molecule has 0 aromatic heterocycles. The van der Waals surface area contributed by atoms with Crippen LogP contribution in [-0.2, 0) is 11.2 Å². The fourth-order valence-corrected chi connectivity index (χ4v) is 3.76. The first-order chi connectivity index (χ1) is 9.56. The number of carbonyl (C=O) groups excluding carboxylic acids is 1. The molecule has 3 atom stereocenters. The van der Waals surface area contributed by atoms with E-state index in [1.807, 2.05) is 6.07 Å². The largest absolute Gasteiger partial charge is 0.399 e. The first-order valence-corrected chi connectivity index (χ1v) is 7.49. The third-order valence-corrected chi connectivity index (χ3v) is 4.95. The minimum absolute atomic E-state index is 0.00373. The van der Waals surface area contributed by atoms with Crippen molar-refractivity contribution in [2.75, 3.05) is 12.3 Å². The van der Waals surface area contributed by atoms with Gasteiger partial charge in [0.25, 0.3) is 0 Å². The number of hydrogen-bond donors (Lipinski definition) is 2. The van der Waals surface area contributed by atoms with Gasteiger partial charge >= 0.3 is 0 Å². The van der Waals surface area contributed by atoms with E-state index in [0.717, 1.165) is 37.9 Å². The van der Waals surface area contributed by atoms with Crippen LogP contribution in [0, 0.1) is 5.92 Å². The highest BCUT2D eigenvalue weighted by Gasteiger charge is 2.36. The van der Waals surface area contributed by atoms with Gasteiger partial charge in [-0.1, -0.05) is 6.07 Å². The predicted molar refractivity (Wildman–Crippen MR) is 80.0 cm³/mol. The summed E-state index contributed by atoms with van der Waals surface area (Å²) >= 11 is 0. The van der Waals surface area contributed by atoms with Crippen molar-refractivity contribution in [1.82, 2.24) is 4.90 Å². The molecular formula is C16H23N3O. The molecule has 4 N–H and O–H groups in total. The van der Waals surface area contributed by atoms with Crippen molar-refractivity contribution in [2.45, 2.75) is 44.7 Å². The van der Waals surface area contributed by atoms with Crippen LogP contribution >= 0.6 is 0 Å². The standard InChI is InChI=1S/C16H23N3O/c1-10-2-3-12(16(18)20)9-19(10)15-7-4-11-8-13(17)5-6-14(11)15/h5-6,8,10,12,15H,2-4,7,9,17H2,1H3,(H2,18,20). The number of carbonyl (C=O) groups is 1. The monoisotopic (exact) mass is 273 g/mol. The third-order valence-electron chi connectivity index (χ3n) is 4.95. The fraction of sp³-hybridized carbons (Fsp3) is 0.562. The molecule has 0 spiro atoms. The molecule has 0 saturated carbocycles. The molecule has 4 nitrogen and oxygen atoms in total. The van der Waals surface area contributed by atoms with Gasteiger partial charge in [0, 0.05) is 24.3 Å². The molecule has 3 unspecified atom stereocenters. The van der Waals surface area contributed by atoms with Crippen molar-refractivity contribution in [2.24, 2.45) is 11.7 Å². The van der Waals surface area contributed by atoms with Gasteiger partial charge in [0.05, 0.1) is 5.92 Å².